The molecule has 2 rings (SSSR count). The maximum atomic E-state index is 13.3. The van der Waals surface area contributed by atoms with E-state index in [0.717, 1.165) is 19.5 Å². The van der Waals surface area contributed by atoms with Gasteiger partial charge in [0.05, 0.1) is 0 Å². The van der Waals surface area contributed by atoms with Crippen LogP contribution in [0.3, 0.4) is 0 Å². The van der Waals surface area contributed by atoms with Crippen LogP contribution in [0, 0.1) is 5.92 Å². The van der Waals surface area contributed by atoms with Crippen LogP contribution < -0.4 is 16.0 Å². The van der Waals surface area contributed by atoms with Gasteiger partial charge in [-0.2, -0.15) is 0 Å². The lowest BCUT2D eigenvalue weighted by atomic mass is 10.1. The Morgan fingerprint density at radius 3 is 2.05 bits per heavy atom. The summed E-state index contributed by atoms with van der Waals surface area (Å²) in [5.74, 6) is -1.79. The van der Waals surface area contributed by atoms with Gasteiger partial charge in [-0.3, -0.25) is 4.79 Å². The van der Waals surface area contributed by atoms with E-state index in [-0.39, 0.29) is 18.8 Å². The minimum Gasteiger partial charge on any atom is -0.460 e. The number of amides is 2. The van der Waals surface area contributed by atoms with Crippen LogP contribution in [0.2, 0.25) is 0 Å². The first-order valence-corrected chi connectivity index (χ1v) is 14.8. The number of hydrogen-bond acceptors (Lipinski definition) is 8. The second-order valence-electron chi connectivity index (χ2n) is 14.0. The summed E-state index contributed by atoms with van der Waals surface area (Å²) in [6.45, 7) is 17.3. The van der Waals surface area contributed by atoms with Crippen molar-refractivity contribution in [3.63, 3.8) is 0 Å². The fourth-order valence-corrected chi connectivity index (χ4v) is 4.48. The fraction of sp³-hybridized carbons (Fsp3) is 0.688. The lowest BCUT2D eigenvalue weighted by molar-refractivity contribution is -0.159. The first kappa shape index (κ1) is 35.1. The predicted octanol–water partition coefficient (Wildman–Crippen LogP) is 4.79. The molecule has 0 aliphatic heterocycles. The van der Waals surface area contributed by atoms with E-state index >= 15 is 0 Å². The third-order valence-electron chi connectivity index (χ3n) is 6.34. The van der Waals surface area contributed by atoms with Crippen LogP contribution in [0.1, 0.15) is 100.0 Å². The van der Waals surface area contributed by atoms with Crippen LogP contribution >= 0.6 is 0 Å². The molecule has 1 aromatic rings. The Kier molecular flexibility index (Phi) is 12.0. The van der Waals surface area contributed by atoms with E-state index in [1.807, 2.05) is 18.2 Å². The van der Waals surface area contributed by atoms with Crippen molar-refractivity contribution in [1.82, 2.24) is 16.0 Å². The average Bonchev–Trinajstić information content (AvgIpc) is 3.52. The van der Waals surface area contributed by atoms with Crippen LogP contribution in [0.25, 0.3) is 0 Å². The molecule has 236 valence electrons. The van der Waals surface area contributed by atoms with Gasteiger partial charge >= 0.3 is 23.9 Å². The molecule has 3 atom stereocenters. The first-order chi connectivity index (χ1) is 19.3. The van der Waals surface area contributed by atoms with Gasteiger partial charge in [0.1, 0.15) is 28.4 Å². The zero-order chi connectivity index (χ0) is 31.8. The zero-order valence-electron chi connectivity index (χ0n) is 26.8. The summed E-state index contributed by atoms with van der Waals surface area (Å²) in [5.41, 5.74) is -2.22. The molecular weight excluding hydrogens is 538 g/mol. The van der Waals surface area contributed by atoms with Crippen LogP contribution in [-0.4, -0.2) is 58.9 Å². The van der Waals surface area contributed by atoms with Crippen molar-refractivity contribution in [2.24, 2.45) is 5.92 Å². The average molecular weight is 590 g/mol. The van der Waals surface area contributed by atoms with Gasteiger partial charge in [-0.25, -0.2) is 14.4 Å². The monoisotopic (exact) mass is 589 g/mol. The summed E-state index contributed by atoms with van der Waals surface area (Å²) in [6, 6.07) is 8.27. The zero-order valence-corrected chi connectivity index (χ0v) is 26.8. The van der Waals surface area contributed by atoms with Crippen molar-refractivity contribution in [1.29, 1.82) is 0 Å². The Balaban J connectivity index is 2.05. The van der Waals surface area contributed by atoms with Crippen molar-refractivity contribution >= 4 is 23.9 Å². The number of urea groups is 1. The molecular formula is C32H51N3O7. The molecule has 1 aromatic carbocycles. The lowest BCUT2D eigenvalue weighted by Gasteiger charge is -2.27. The lowest BCUT2D eigenvalue weighted by Crippen LogP contribution is -2.55. The smallest absolute Gasteiger partial charge is 0.332 e. The Morgan fingerprint density at radius 2 is 1.48 bits per heavy atom. The largest absolute Gasteiger partial charge is 0.460 e. The molecule has 3 N–H and O–H groups in total. The van der Waals surface area contributed by atoms with Crippen LogP contribution in [0.15, 0.2) is 30.3 Å². The van der Waals surface area contributed by atoms with Crippen molar-refractivity contribution in [2.75, 3.05) is 6.54 Å². The van der Waals surface area contributed by atoms with Crippen LogP contribution in [0.5, 0.6) is 0 Å². The minimum absolute atomic E-state index is 0.0206. The Hall–Kier alpha value is -3.14. The molecule has 2 amide bonds. The number of carbonyl (C=O) groups is 4. The van der Waals surface area contributed by atoms with E-state index in [0.29, 0.717) is 12.8 Å². The molecule has 0 radical (unpaired) electrons. The number of esters is 3. The molecule has 0 aromatic heterocycles. The number of benzene rings is 1. The molecule has 0 bridgehead atoms. The van der Waals surface area contributed by atoms with Gasteiger partial charge in [-0.05, 0) is 106 Å². The van der Waals surface area contributed by atoms with Crippen molar-refractivity contribution < 1.29 is 33.4 Å². The molecule has 1 saturated carbocycles. The Morgan fingerprint density at radius 1 is 0.881 bits per heavy atom. The standard InChI is InChI=1S/C32H51N3O7/c1-29(2,3)40-25(36)18-17-24(26(37)41-30(4,5)6)34-28(39)35-32(27(38)42-31(7,8)9)20-23(32)16-13-19-33-21-22-14-11-10-12-15-22/h10-12,14-15,23-24,33H,13,16-21H2,1-9H3,(H2,34,35,39)/t23-,24+,32?/m1/s1. The van der Waals surface area contributed by atoms with Gasteiger partial charge in [-0.15, -0.1) is 0 Å². The van der Waals surface area contributed by atoms with Crippen molar-refractivity contribution in [2.45, 2.75) is 129 Å². The van der Waals surface area contributed by atoms with Gasteiger partial charge in [0.15, 0.2) is 0 Å². The highest BCUT2D eigenvalue weighted by Gasteiger charge is 2.62. The van der Waals surface area contributed by atoms with Gasteiger partial charge in [0.25, 0.3) is 0 Å². The molecule has 1 aliphatic rings. The molecule has 0 spiro atoms. The minimum atomic E-state index is -1.19. The molecule has 10 heteroatoms. The fourth-order valence-electron chi connectivity index (χ4n) is 4.48. The molecule has 1 fully saturated rings. The van der Waals surface area contributed by atoms with Crippen LogP contribution in [0.4, 0.5) is 4.79 Å². The molecule has 1 aliphatic carbocycles. The van der Waals surface area contributed by atoms with Crippen molar-refractivity contribution in [3.8, 4) is 0 Å². The number of rotatable bonds is 13. The maximum Gasteiger partial charge on any atom is 0.332 e. The maximum absolute atomic E-state index is 13.3. The molecule has 0 heterocycles. The number of ether oxygens (including phenoxy) is 3. The van der Waals surface area contributed by atoms with E-state index in [4.69, 9.17) is 14.2 Å². The first-order valence-electron chi connectivity index (χ1n) is 14.8. The second kappa shape index (κ2) is 14.4. The summed E-state index contributed by atoms with van der Waals surface area (Å²) >= 11 is 0. The highest BCUT2D eigenvalue weighted by Crippen LogP contribution is 2.48. The number of nitrogens with one attached hydrogen (secondary N) is 3. The molecule has 0 saturated heterocycles. The summed E-state index contributed by atoms with van der Waals surface area (Å²) in [6.07, 6.45) is 1.82. The number of carbonyl (C=O) groups excluding carboxylic acids is 4. The highest BCUT2D eigenvalue weighted by molar-refractivity contribution is 5.92. The summed E-state index contributed by atoms with van der Waals surface area (Å²) in [4.78, 5) is 51.8. The predicted molar refractivity (Wildman–Crippen MR) is 160 cm³/mol. The third-order valence-corrected chi connectivity index (χ3v) is 6.34. The van der Waals surface area contributed by atoms with Gasteiger partial charge in [0, 0.05) is 13.0 Å². The van der Waals surface area contributed by atoms with E-state index in [2.05, 4.69) is 28.1 Å². The second-order valence-corrected chi connectivity index (χ2v) is 14.0. The number of hydrogen-bond donors (Lipinski definition) is 3. The Bertz CT molecular complexity index is 1070. The molecule has 10 nitrogen and oxygen atoms in total. The third kappa shape index (κ3) is 12.8. The summed E-state index contributed by atoms with van der Waals surface area (Å²) in [5, 5.41) is 8.86. The topological polar surface area (TPSA) is 132 Å². The summed E-state index contributed by atoms with van der Waals surface area (Å²) in [7, 11) is 0. The van der Waals surface area contributed by atoms with E-state index in [1.54, 1.807) is 62.3 Å². The van der Waals surface area contributed by atoms with Gasteiger partial charge in [0.2, 0.25) is 0 Å². The normalized spacial score (nSPS) is 19.3. The van der Waals surface area contributed by atoms with E-state index < -0.39 is 52.3 Å². The van der Waals surface area contributed by atoms with E-state index in [9.17, 15) is 19.2 Å². The Labute approximate surface area is 251 Å². The summed E-state index contributed by atoms with van der Waals surface area (Å²) < 4.78 is 16.5. The SMILES string of the molecule is CC(C)(C)OC(=O)CC[C@H](NC(=O)NC1(C(=O)OC(C)(C)C)C[C@H]1CCCNCc1ccccc1)C(=O)OC(C)(C)C. The van der Waals surface area contributed by atoms with Crippen molar-refractivity contribution in [3.05, 3.63) is 35.9 Å². The van der Waals surface area contributed by atoms with Gasteiger partial charge < -0.3 is 30.2 Å². The van der Waals surface area contributed by atoms with Crippen LogP contribution in [-0.2, 0) is 35.1 Å². The van der Waals surface area contributed by atoms with E-state index in [1.165, 1.54) is 5.56 Å². The molecule has 1 unspecified atom stereocenters. The molecule has 42 heavy (non-hydrogen) atoms. The highest BCUT2D eigenvalue weighted by atomic mass is 16.6. The van der Waals surface area contributed by atoms with Gasteiger partial charge in [-0.1, -0.05) is 30.3 Å². The quantitative estimate of drug-likeness (QED) is 0.170.